The van der Waals surface area contributed by atoms with Crippen molar-refractivity contribution in [2.24, 2.45) is 0 Å². The van der Waals surface area contributed by atoms with Gasteiger partial charge in [0.2, 0.25) is 0 Å². The zero-order valence-corrected chi connectivity index (χ0v) is 10.4. The van der Waals surface area contributed by atoms with Crippen LogP contribution in [0.4, 0.5) is 4.39 Å². The van der Waals surface area contributed by atoms with Crippen molar-refractivity contribution in [1.29, 1.82) is 0 Å². The van der Waals surface area contributed by atoms with Crippen LogP contribution in [0.5, 0.6) is 0 Å². The molecule has 95 valence electrons. The second-order valence-electron chi connectivity index (χ2n) is 4.54. The summed E-state index contributed by atoms with van der Waals surface area (Å²) in [5.41, 5.74) is 1.58. The molecule has 1 aromatic heterocycles. The SMILES string of the molecule is CCN1CCN(n2[c]nc3cc(F)ccc32)CC1. The third-order valence-corrected chi connectivity index (χ3v) is 3.51. The molecule has 1 fully saturated rings. The summed E-state index contributed by atoms with van der Waals surface area (Å²) >= 11 is 0. The number of imidazole rings is 1. The second-order valence-corrected chi connectivity index (χ2v) is 4.54. The first-order chi connectivity index (χ1) is 8.78. The maximum atomic E-state index is 13.1. The van der Waals surface area contributed by atoms with E-state index in [4.69, 9.17) is 0 Å². The van der Waals surface area contributed by atoms with Crippen LogP contribution >= 0.6 is 0 Å². The van der Waals surface area contributed by atoms with Crippen LogP contribution in [0.15, 0.2) is 18.2 Å². The van der Waals surface area contributed by atoms with Crippen molar-refractivity contribution in [2.45, 2.75) is 6.92 Å². The van der Waals surface area contributed by atoms with Crippen molar-refractivity contribution >= 4 is 11.0 Å². The number of piperazine rings is 1. The molecule has 4 nitrogen and oxygen atoms in total. The third-order valence-electron chi connectivity index (χ3n) is 3.51. The van der Waals surface area contributed by atoms with Gasteiger partial charge < -0.3 is 5.01 Å². The Morgan fingerprint density at radius 3 is 2.78 bits per heavy atom. The zero-order chi connectivity index (χ0) is 12.5. The highest BCUT2D eigenvalue weighted by molar-refractivity contribution is 5.75. The molecule has 0 bridgehead atoms. The standard InChI is InChI=1S/C13H16FN4/c1-2-16-5-7-17(8-6-16)18-10-15-12-9-11(14)3-4-13(12)18/h3-4,9H,2,5-8H2,1H3. The Hall–Kier alpha value is -1.62. The summed E-state index contributed by atoms with van der Waals surface area (Å²) in [7, 11) is 0. The number of rotatable bonds is 2. The van der Waals surface area contributed by atoms with Gasteiger partial charge in [-0.05, 0) is 18.7 Å². The molecular weight excluding hydrogens is 231 g/mol. The van der Waals surface area contributed by atoms with Crippen molar-refractivity contribution in [3.63, 3.8) is 0 Å². The molecule has 0 amide bonds. The lowest BCUT2D eigenvalue weighted by molar-refractivity contribution is 0.252. The Balaban J connectivity index is 1.87. The Kier molecular flexibility index (Phi) is 2.91. The van der Waals surface area contributed by atoms with Gasteiger partial charge in [0, 0.05) is 32.2 Å². The zero-order valence-electron chi connectivity index (χ0n) is 10.4. The highest BCUT2D eigenvalue weighted by Crippen LogP contribution is 2.15. The monoisotopic (exact) mass is 247 g/mol. The fraction of sp³-hybridized carbons (Fsp3) is 0.462. The van der Waals surface area contributed by atoms with E-state index in [1.165, 1.54) is 12.1 Å². The van der Waals surface area contributed by atoms with Crippen LogP contribution < -0.4 is 5.01 Å². The average Bonchev–Trinajstić information content (AvgIpc) is 2.81. The van der Waals surface area contributed by atoms with E-state index in [9.17, 15) is 4.39 Å². The van der Waals surface area contributed by atoms with Crippen LogP contribution in [0.1, 0.15) is 6.92 Å². The molecule has 3 rings (SSSR count). The number of benzene rings is 1. The van der Waals surface area contributed by atoms with E-state index in [1.807, 2.05) is 4.68 Å². The molecule has 1 aliphatic rings. The van der Waals surface area contributed by atoms with Gasteiger partial charge in [-0.25, -0.2) is 14.1 Å². The highest BCUT2D eigenvalue weighted by Gasteiger charge is 2.17. The summed E-state index contributed by atoms with van der Waals surface area (Å²) in [5.74, 6) is -0.253. The van der Waals surface area contributed by atoms with Gasteiger partial charge in [0.25, 0.3) is 0 Å². The van der Waals surface area contributed by atoms with Crippen LogP contribution in [0.25, 0.3) is 11.0 Å². The molecule has 5 heteroatoms. The molecular formula is C13H16FN4. The topological polar surface area (TPSA) is 24.3 Å². The van der Waals surface area contributed by atoms with Gasteiger partial charge >= 0.3 is 0 Å². The Morgan fingerprint density at radius 1 is 1.28 bits per heavy atom. The summed E-state index contributed by atoms with van der Waals surface area (Å²) in [6.45, 7) is 7.27. The van der Waals surface area contributed by atoms with E-state index in [-0.39, 0.29) is 5.82 Å². The Bertz CT molecular complexity index is 543. The van der Waals surface area contributed by atoms with Crippen LogP contribution in [-0.4, -0.2) is 47.3 Å². The van der Waals surface area contributed by atoms with E-state index >= 15 is 0 Å². The number of nitrogens with zero attached hydrogens (tertiary/aromatic N) is 4. The first-order valence-corrected chi connectivity index (χ1v) is 6.31. The summed E-state index contributed by atoms with van der Waals surface area (Å²) in [5, 5.41) is 2.21. The Morgan fingerprint density at radius 2 is 2.06 bits per heavy atom. The maximum absolute atomic E-state index is 13.1. The molecule has 0 spiro atoms. The van der Waals surface area contributed by atoms with Crippen molar-refractivity contribution in [3.05, 3.63) is 30.3 Å². The number of hydrogen-bond acceptors (Lipinski definition) is 3. The van der Waals surface area contributed by atoms with Crippen molar-refractivity contribution in [2.75, 3.05) is 37.7 Å². The summed E-state index contributed by atoms with van der Waals surface area (Å²) in [6, 6.07) is 4.68. The molecule has 0 saturated carbocycles. The molecule has 1 aromatic carbocycles. The second kappa shape index (κ2) is 4.57. The molecule has 1 radical (unpaired) electrons. The van der Waals surface area contributed by atoms with Gasteiger partial charge in [-0.15, -0.1) is 0 Å². The van der Waals surface area contributed by atoms with Crippen LogP contribution in [0, 0.1) is 12.1 Å². The summed E-state index contributed by atoms with van der Waals surface area (Å²) < 4.78 is 15.0. The molecule has 0 N–H and O–H groups in total. The van der Waals surface area contributed by atoms with Gasteiger partial charge in [-0.2, -0.15) is 0 Å². The number of hydrogen-bond donors (Lipinski definition) is 0. The molecule has 0 unspecified atom stereocenters. The van der Waals surface area contributed by atoms with Crippen LogP contribution in [0.2, 0.25) is 0 Å². The molecule has 2 aromatic rings. The normalized spacial score (nSPS) is 17.6. The molecule has 0 aliphatic carbocycles. The molecule has 2 heterocycles. The highest BCUT2D eigenvalue weighted by atomic mass is 19.1. The first-order valence-electron chi connectivity index (χ1n) is 6.31. The van der Waals surface area contributed by atoms with E-state index in [0.717, 1.165) is 38.2 Å². The smallest absolute Gasteiger partial charge is 0.198 e. The lowest BCUT2D eigenvalue weighted by Crippen LogP contribution is -2.50. The predicted molar refractivity (Wildman–Crippen MR) is 68.6 cm³/mol. The van der Waals surface area contributed by atoms with Gasteiger partial charge in [0.05, 0.1) is 11.0 Å². The quantitative estimate of drug-likeness (QED) is 0.798. The summed E-state index contributed by atoms with van der Waals surface area (Å²) in [4.78, 5) is 6.55. The van der Waals surface area contributed by atoms with E-state index in [0.29, 0.717) is 5.52 Å². The van der Waals surface area contributed by atoms with Crippen LogP contribution in [0.3, 0.4) is 0 Å². The third kappa shape index (κ3) is 1.95. The van der Waals surface area contributed by atoms with E-state index in [1.54, 1.807) is 6.07 Å². The summed E-state index contributed by atoms with van der Waals surface area (Å²) in [6.07, 6.45) is 2.95. The molecule has 1 saturated heterocycles. The fourth-order valence-electron chi connectivity index (χ4n) is 2.39. The van der Waals surface area contributed by atoms with Gasteiger partial charge in [0.1, 0.15) is 5.82 Å². The molecule has 18 heavy (non-hydrogen) atoms. The molecule has 0 atom stereocenters. The minimum absolute atomic E-state index is 0.253. The number of aromatic nitrogens is 2. The van der Waals surface area contributed by atoms with Crippen molar-refractivity contribution < 1.29 is 4.39 Å². The number of fused-ring (bicyclic) bond motifs is 1. The maximum Gasteiger partial charge on any atom is 0.198 e. The van der Waals surface area contributed by atoms with Gasteiger partial charge in [-0.1, -0.05) is 6.92 Å². The van der Waals surface area contributed by atoms with Crippen molar-refractivity contribution in [1.82, 2.24) is 14.6 Å². The molecule has 1 aliphatic heterocycles. The minimum atomic E-state index is -0.253. The fourth-order valence-corrected chi connectivity index (χ4v) is 2.39. The van der Waals surface area contributed by atoms with Gasteiger partial charge in [0.15, 0.2) is 6.33 Å². The van der Waals surface area contributed by atoms with E-state index in [2.05, 4.69) is 28.1 Å². The predicted octanol–water partition coefficient (Wildman–Crippen LogP) is 1.25. The average molecular weight is 247 g/mol. The van der Waals surface area contributed by atoms with Gasteiger partial charge in [-0.3, -0.25) is 4.90 Å². The Labute approximate surface area is 106 Å². The van der Waals surface area contributed by atoms with Crippen LogP contribution in [-0.2, 0) is 0 Å². The number of halogens is 1. The van der Waals surface area contributed by atoms with E-state index < -0.39 is 0 Å². The first kappa shape index (κ1) is 11.5. The number of likely N-dealkylation sites (N-methyl/N-ethyl adjacent to an activating group) is 1. The minimum Gasteiger partial charge on any atom is -0.308 e. The largest absolute Gasteiger partial charge is 0.308 e. The lowest BCUT2D eigenvalue weighted by atomic mass is 10.3. The van der Waals surface area contributed by atoms with Crippen molar-refractivity contribution in [3.8, 4) is 0 Å². The lowest BCUT2D eigenvalue weighted by Gasteiger charge is -2.35.